The molecule has 2 fully saturated rings. The number of aryl methyl sites for hydroxylation is 2. The number of nitrogens with one attached hydrogen (secondary N) is 1. The Morgan fingerprint density at radius 2 is 2.12 bits per heavy atom. The van der Waals surface area contributed by atoms with E-state index in [4.69, 9.17) is 16.3 Å². The normalized spacial score (nSPS) is 20.7. The van der Waals surface area contributed by atoms with Crippen LogP contribution in [0.4, 0.5) is 4.79 Å². The largest absolute Gasteiger partial charge is 0.378 e. The molecule has 2 aromatic rings. The number of aromatic nitrogens is 2. The lowest BCUT2D eigenvalue weighted by molar-refractivity contribution is 0.0450. The number of hydrogen-bond donors (Lipinski definition) is 1. The highest BCUT2D eigenvalue weighted by molar-refractivity contribution is 7.16. The maximum absolute atomic E-state index is 12.6. The van der Waals surface area contributed by atoms with Crippen LogP contribution in [0.1, 0.15) is 28.6 Å². The topological polar surface area (TPSA) is 61.5 Å². The van der Waals surface area contributed by atoms with Crippen molar-refractivity contribution in [3.63, 3.8) is 0 Å². The van der Waals surface area contributed by atoms with Crippen molar-refractivity contribution < 1.29 is 9.53 Å². The van der Waals surface area contributed by atoms with Crippen LogP contribution in [-0.2, 0) is 17.6 Å². The van der Waals surface area contributed by atoms with E-state index in [1.807, 2.05) is 15.9 Å². The second-order valence-corrected chi connectivity index (χ2v) is 8.64. The summed E-state index contributed by atoms with van der Waals surface area (Å²) >= 11 is 7.61. The molecule has 0 saturated carbocycles. The van der Waals surface area contributed by atoms with E-state index in [0.29, 0.717) is 32.2 Å². The standard InChI is InChI=1S/C18H23ClN4O2S/c19-17-4-3-15(26-17)2-1-14-11-16(21-20-14)13-5-6-23(12-13)18(24)22-7-9-25-10-8-22/h3-4,11,13H,1-2,5-10,12H2,(H,20,21). The first-order valence-corrected chi connectivity index (χ1v) is 10.3. The van der Waals surface area contributed by atoms with Crippen molar-refractivity contribution in [2.75, 3.05) is 39.4 Å². The van der Waals surface area contributed by atoms with Crippen molar-refractivity contribution in [1.29, 1.82) is 0 Å². The molecule has 140 valence electrons. The quantitative estimate of drug-likeness (QED) is 0.866. The predicted octanol–water partition coefficient (Wildman–Crippen LogP) is 3.15. The Labute approximate surface area is 162 Å². The molecule has 1 atom stereocenters. The number of rotatable bonds is 4. The van der Waals surface area contributed by atoms with Gasteiger partial charge in [-0.1, -0.05) is 11.6 Å². The summed E-state index contributed by atoms with van der Waals surface area (Å²) in [4.78, 5) is 17.7. The lowest BCUT2D eigenvalue weighted by Crippen LogP contribution is -2.47. The molecule has 6 nitrogen and oxygen atoms in total. The van der Waals surface area contributed by atoms with Gasteiger partial charge in [0.1, 0.15) is 0 Å². The molecule has 2 aromatic heterocycles. The van der Waals surface area contributed by atoms with E-state index >= 15 is 0 Å². The average Bonchev–Trinajstić information content (AvgIpc) is 3.40. The molecule has 0 spiro atoms. The third kappa shape index (κ3) is 4.05. The fourth-order valence-corrected chi connectivity index (χ4v) is 4.68. The number of halogens is 1. The number of thiophene rings is 1. The SMILES string of the molecule is O=C(N1CCOCC1)N1CCC(c2cc(CCc3ccc(Cl)s3)[nH]n2)C1. The summed E-state index contributed by atoms with van der Waals surface area (Å²) in [6, 6.07) is 6.32. The van der Waals surface area contributed by atoms with Gasteiger partial charge in [0.15, 0.2) is 0 Å². The maximum Gasteiger partial charge on any atom is 0.320 e. The minimum atomic E-state index is 0.140. The fourth-order valence-electron chi connectivity index (χ4n) is 3.59. The predicted molar refractivity (Wildman–Crippen MR) is 102 cm³/mol. The van der Waals surface area contributed by atoms with Gasteiger partial charge in [0.05, 0.1) is 23.2 Å². The number of aromatic amines is 1. The molecule has 0 radical (unpaired) electrons. The number of likely N-dealkylation sites (tertiary alicyclic amines) is 1. The molecular weight excluding hydrogens is 372 g/mol. The van der Waals surface area contributed by atoms with Gasteiger partial charge >= 0.3 is 6.03 Å². The van der Waals surface area contributed by atoms with Crippen molar-refractivity contribution in [3.05, 3.63) is 38.8 Å². The lowest BCUT2D eigenvalue weighted by Gasteiger charge is -2.30. The third-order valence-corrected chi connectivity index (χ3v) is 6.37. The van der Waals surface area contributed by atoms with Gasteiger partial charge in [-0.2, -0.15) is 5.10 Å². The van der Waals surface area contributed by atoms with Crippen LogP contribution in [0.15, 0.2) is 18.2 Å². The molecular formula is C18H23ClN4O2S. The summed E-state index contributed by atoms with van der Waals surface area (Å²) in [5, 5.41) is 7.66. The van der Waals surface area contributed by atoms with Gasteiger partial charge in [-0.3, -0.25) is 5.10 Å². The van der Waals surface area contributed by atoms with E-state index in [1.165, 1.54) is 4.88 Å². The first kappa shape index (κ1) is 17.8. The van der Waals surface area contributed by atoms with E-state index in [2.05, 4.69) is 22.3 Å². The summed E-state index contributed by atoms with van der Waals surface area (Å²) in [5.41, 5.74) is 2.21. The molecule has 26 heavy (non-hydrogen) atoms. The average molecular weight is 395 g/mol. The molecule has 2 aliphatic heterocycles. The summed E-state index contributed by atoms with van der Waals surface area (Å²) in [7, 11) is 0. The van der Waals surface area contributed by atoms with Crippen molar-refractivity contribution in [2.45, 2.75) is 25.2 Å². The first-order chi connectivity index (χ1) is 12.7. The molecule has 1 N–H and O–H groups in total. The van der Waals surface area contributed by atoms with E-state index in [1.54, 1.807) is 11.3 Å². The highest BCUT2D eigenvalue weighted by atomic mass is 35.5. The van der Waals surface area contributed by atoms with Gasteiger partial charge in [-0.25, -0.2) is 4.79 Å². The first-order valence-electron chi connectivity index (χ1n) is 9.09. The van der Waals surface area contributed by atoms with Crippen LogP contribution in [0.5, 0.6) is 0 Å². The Kier molecular flexibility index (Phi) is 5.47. The number of urea groups is 1. The molecule has 4 rings (SSSR count). The second kappa shape index (κ2) is 7.98. The Balaban J connectivity index is 1.31. The molecule has 2 amide bonds. The molecule has 0 aromatic carbocycles. The second-order valence-electron chi connectivity index (χ2n) is 6.84. The molecule has 0 aliphatic carbocycles. The maximum atomic E-state index is 12.6. The highest BCUT2D eigenvalue weighted by Gasteiger charge is 2.31. The summed E-state index contributed by atoms with van der Waals surface area (Å²) in [6.07, 6.45) is 2.86. The van der Waals surface area contributed by atoms with Gasteiger partial charge < -0.3 is 14.5 Å². The molecule has 2 aliphatic rings. The van der Waals surface area contributed by atoms with Gasteiger partial charge in [-0.15, -0.1) is 11.3 Å². The monoisotopic (exact) mass is 394 g/mol. The van der Waals surface area contributed by atoms with Crippen LogP contribution in [0.25, 0.3) is 0 Å². The van der Waals surface area contributed by atoms with Crippen LogP contribution in [0.3, 0.4) is 0 Å². The highest BCUT2D eigenvalue weighted by Crippen LogP contribution is 2.28. The minimum Gasteiger partial charge on any atom is -0.378 e. The number of morpholine rings is 1. The van der Waals surface area contributed by atoms with Crippen molar-refractivity contribution in [2.24, 2.45) is 0 Å². The van der Waals surface area contributed by atoms with Crippen LogP contribution < -0.4 is 0 Å². The molecule has 1 unspecified atom stereocenters. The Bertz CT molecular complexity index is 756. The third-order valence-electron chi connectivity index (χ3n) is 5.08. The fraction of sp³-hybridized carbons (Fsp3) is 0.556. The number of carbonyl (C=O) groups is 1. The number of hydrogen-bond acceptors (Lipinski definition) is 4. The lowest BCUT2D eigenvalue weighted by atomic mass is 10.0. The van der Waals surface area contributed by atoms with E-state index in [-0.39, 0.29) is 6.03 Å². The molecule has 8 heteroatoms. The Morgan fingerprint density at radius 3 is 2.88 bits per heavy atom. The van der Waals surface area contributed by atoms with Crippen LogP contribution in [0.2, 0.25) is 4.34 Å². The minimum absolute atomic E-state index is 0.140. The number of H-pyrrole nitrogens is 1. The smallest absolute Gasteiger partial charge is 0.320 e. The number of ether oxygens (including phenoxy) is 1. The van der Waals surface area contributed by atoms with E-state index in [9.17, 15) is 4.79 Å². The van der Waals surface area contributed by atoms with Gasteiger partial charge in [0, 0.05) is 42.7 Å². The Hall–Kier alpha value is -1.57. The van der Waals surface area contributed by atoms with Gasteiger partial charge in [-0.05, 0) is 37.5 Å². The zero-order valence-electron chi connectivity index (χ0n) is 14.6. The summed E-state index contributed by atoms with van der Waals surface area (Å²) < 4.78 is 6.16. The van der Waals surface area contributed by atoms with Crippen LogP contribution in [0, 0.1) is 0 Å². The van der Waals surface area contributed by atoms with E-state index < -0.39 is 0 Å². The van der Waals surface area contributed by atoms with Gasteiger partial charge in [0.2, 0.25) is 0 Å². The summed E-state index contributed by atoms with van der Waals surface area (Å²) in [6.45, 7) is 4.22. The molecule has 4 heterocycles. The number of amides is 2. The number of nitrogens with zero attached hydrogens (tertiary/aromatic N) is 3. The van der Waals surface area contributed by atoms with Crippen molar-refractivity contribution in [3.8, 4) is 0 Å². The zero-order valence-corrected chi connectivity index (χ0v) is 16.2. The molecule has 0 bridgehead atoms. The van der Waals surface area contributed by atoms with Crippen molar-refractivity contribution in [1.82, 2.24) is 20.0 Å². The molecule has 2 saturated heterocycles. The van der Waals surface area contributed by atoms with Crippen molar-refractivity contribution >= 4 is 29.0 Å². The van der Waals surface area contributed by atoms with Crippen LogP contribution in [-0.4, -0.2) is 65.4 Å². The summed E-state index contributed by atoms with van der Waals surface area (Å²) in [5.74, 6) is 0.321. The Morgan fingerprint density at radius 1 is 1.27 bits per heavy atom. The number of carbonyl (C=O) groups excluding carboxylic acids is 1. The zero-order chi connectivity index (χ0) is 17.9. The van der Waals surface area contributed by atoms with E-state index in [0.717, 1.165) is 48.1 Å². The van der Waals surface area contributed by atoms with Crippen LogP contribution >= 0.6 is 22.9 Å². The van der Waals surface area contributed by atoms with Gasteiger partial charge in [0.25, 0.3) is 0 Å².